The van der Waals surface area contributed by atoms with Gasteiger partial charge in [0.05, 0.1) is 0 Å². The van der Waals surface area contributed by atoms with Gasteiger partial charge in [-0.05, 0) is 36.6 Å². The second-order valence-electron chi connectivity index (χ2n) is 4.51. The van der Waals surface area contributed by atoms with Gasteiger partial charge >= 0.3 is 0 Å². The Hall–Kier alpha value is -1.02. The molecule has 15 heavy (non-hydrogen) atoms. The fourth-order valence-electron chi connectivity index (χ4n) is 2.02. The molecule has 2 rings (SSSR count). The van der Waals surface area contributed by atoms with E-state index in [1.54, 1.807) is 0 Å². The van der Waals surface area contributed by atoms with E-state index in [2.05, 4.69) is 11.4 Å². The van der Waals surface area contributed by atoms with E-state index < -0.39 is 0 Å². The van der Waals surface area contributed by atoms with Crippen molar-refractivity contribution in [2.24, 2.45) is 5.92 Å². The fourth-order valence-corrected chi connectivity index (χ4v) is 2.02. The molecule has 0 saturated heterocycles. The second kappa shape index (κ2) is 5.17. The number of benzene rings is 1. The zero-order valence-corrected chi connectivity index (χ0v) is 9.21. The van der Waals surface area contributed by atoms with Crippen molar-refractivity contribution in [3.63, 3.8) is 0 Å². The molecular formula is C13H20N2. The van der Waals surface area contributed by atoms with Crippen LogP contribution in [0.25, 0.3) is 0 Å². The van der Waals surface area contributed by atoms with Crippen molar-refractivity contribution in [2.75, 3.05) is 12.3 Å². The molecule has 0 aliphatic heterocycles. The van der Waals surface area contributed by atoms with Crippen molar-refractivity contribution >= 4 is 5.69 Å². The van der Waals surface area contributed by atoms with E-state index >= 15 is 0 Å². The van der Waals surface area contributed by atoms with Crippen LogP contribution in [0.3, 0.4) is 0 Å². The lowest BCUT2D eigenvalue weighted by Gasteiger charge is -2.25. The van der Waals surface area contributed by atoms with Crippen LogP contribution < -0.4 is 11.1 Å². The Kier molecular flexibility index (Phi) is 3.62. The molecule has 0 atom stereocenters. The predicted octanol–water partition coefficient (Wildman–Crippen LogP) is 2.55. The van der Waals surface area contributed by atoms with E-state index in [9.17, 15) is 0 Å². The number of nitrogens with two attached hydrogens (primary N) is 1. The van der Waals surface area contributed by atoms with Gasteiger partial charge in [-0.15, -0.1) is 0 Å². The van der Waals surface area contributed by atoms with Crippen LogP contribution in [-0.2, 0) is 6.54 Å². The van der Waals surface area contributed by atoms with Crippen molar-refractivity contribution in [2.45, 2.75) is 32.2 Å². The summed E-state index contributed by atoms with van der Waals surface area (Å²) in [6, 6.07) is 8.10. The van der Waals surface area contributed by atoms with Crippen LogP contribution in [0.4, 0.5) is 5.69 Å². The van der Waals surface area contributed by atoms with Crippen LogP contribution in [-0.4, -0.2) is 6.54 Å². The summed E-state index contributed by atoms with van der Waals surface area (Å²) in [6.45, 7) is 2.08. The number of nitrogens with one attached hydrogen (secondary N) is 1. The molecule has 0 aromatic heterocycles. The molecular weight excluding hydrogens is 184 g/mol. The van der Waals surface area contributed by atoms with Gasteiger partial charge in [0.15, 0.2) is 0 Å². The van der Waals surface area contributed by atoms with Crippen LogP contribution >= 0.6 is 0 Å². The zero-order chi connectivity index (χ0) is 10.5. The van der Waals surface area contributed by atoms with Gasteiger partial charge in [-0.2, -0.15) is 0 Å². The van der Waals surface area contributed by atoms with E-state index in [0.29, 0.717) is 0 Å². The summed E-state index contributed by atoms with van der Waals surface area (Å²) in [5, 5.41) is 3.47. The molecule has 0 bridgehead atoms. The molecule has 1 aromatic rings. The first-order valence-electron chi connectivity index (χ1n) is 5.90. The van der Waals surface area contributed by atoms with Gasteiger partial charge in [-0.25, -0.2) is 0 Å². The molecule has 2 nitrogen and oxygen atoms in total. The minimum atomic E-state index is 0.855. The number of hydrogen-bond acceptors (Lipinski definition) is 2. The van der Waals surface area contributed by atoms with Gasteiger partial charge in [0.2, 0.25) is 0 Å². The van der Waals surface area contributed by atoms with Crippen LogP contribution in [0.2, 0.25) is 0 Å². The van der Waals surface area contributed by atoms with Gasteiger partial charge in [0.1, 0.15) is 0 Å². The number of anilines is 1. The molecule has 0 radical (unpaired) electrons. The van der Waals surface area contributed by atoms with Crippen molar-refractivity contribution in [1.29, 1.82) is 0 Å². The topological polar surface area (TPSA) is 38.0 Å². The summed E-state index contributed by atoms with van der Waals surface area (Å²) < 4.78 is 0. The molecule has 1 aliphatic rings. The van der Waals surface area contributed by atoms with E-state index in [0.717, 1.165) is 24.7 Å². The van der Waals surface area contributed by atoms with E-state index in [4.69, 9.17) is 5.73 Å². The Morgan fingerprint density at radius 1 is 1.33 bits per heavy atom. The fraction of sp³-hybridized carbons (Fsp3) is 0.538. The zero-order valence-electron chi connectivity index (χ0n) is 9.21. The molecule has 3 N–H and O–H groups in total. The summed E-state index contributed by atoms with van der Waals surface area (Å²) in [4.78, 5) is 0. The minimum Gasteiger partial charge on any atom is -0.399 e. The average molecular weight is 204 g/mol. The quantitative estimate of drug-likeness (QED) is 0.571. The first-order chi connectivity index (χ1) is 7.34. The van der Waals surface area contributed by atoms with E-state index in [1.807, 2.05) is 18.2 Å². The van der Waals surface area contributed by atoms with Gasteiger partial charge < -0.3 is 11.1 Å². The van der Waals surface area contributed by atoms with Crippen molar-refractivity contribution in [1.82, 2.24) is 5.32 Å². The van der Waals surface area contributed by atoms with Crippen molar-refractivity contribution in [3.05, 3.63) is 29.8 Å². The number of hydrogen-bond donors (Lipinski definition) is 2. The van der Waals surface area contributed by atoms with E-state index in [1.165, 1.54) is 31.2 Å². The Morgan fingerprint density at radius 2 is 2.20 bits per heavy atom. The molecule has 1 aliphatic carbocycles. The third-order valence-electron chi connectivity index (χ3n) is 3.23. The Bertz CT molecular complexity index is 305. The summed E-state index contributed by atoms with van der Waals surface area (Å²) in [5.41, 5.74) is 7.85. The van der Waals surface area contributed by atoms with Gasteiger partial charge in [-0.1, -0.05) is 31.4 Å². The molecule has 1 aromatic carbocycles. The Balaban J connectivity index is 1.64. The first-order valence-corrected chi connectivity index (χ1v) is 5.90. The van der Waals surface area contributed by atoms with Gasteiger partial charge in [0.25, 0.3) is 0 Å². The number of nitrogen functional groups attached to an aromatic ring is 1. The maximum absolute atomic E-state index is 5.71. The van der Waals surface area contributed by atoms with Crippen molar-refractivity contribution < 1.29 is 0 Å². The lowest BCUT2D eigenvalue weighted by atomic mass is 9.83. The van der Waals surface area contributed by atoms with Crippen LogP contribution in [0.5, 0.6) is 0 Å². The highest BCUT2D eigenvalue weighted by Gasteiger charge is 2.15. The molecule has 0 amide bonds. The third-order valence-corrected chi connectivity index (χ3v) is 3.23. The summed E-state index contributed by atoms with van der Waals surface area (Å²) in [5.74, 6) is 0.998. The maximum Gasteiger partial charge on any atom is 0.0317 e. The molecule has 1 fully saturated rings. The molecule has 82 valence electrons. The highest BCUT2D eigenvalue weighted by atomic mass is 14.8. The highest BCUT2D eigenvalue weighted by Crippen LogP contribution is 2.28. The Morgan fingerprint density at radius 3 is 2.87 bits per heavy atom. The minimum absolute atomic E-state index is 0.855. The van der Waals surface area contributed by atoms with E-state index in [-0.39, 0.29) is 0 Å². The molecule has 0 spiro atoms. The van der Waals surface area contributed by atoms with Crippen LogP contribution in [0, 0.1) is 5.92 Å². The number of rotatable bonds is 5. The standard InChI is InChI=1S/C13H20N2/c14-13-6-2-5-12(9-13)10-15-8-7-11-3-1-4-11/h2,5-6,9,11,15H,1,3-4,7-8,10,14H2. The molecule has 2 heteroatoms. The smallest absolute Gasteiger partial charge is 0.0317 e. The highest BCUT2D eigenvalue weighted by molar-refractivity contribution is 5.40. The lowest BCUT2D eigenvalue weighted by Crippen LogP contribution is -2.21. The van der Waals surface area contributed by atoms with Crippen molar-refractivity contribution in [3.8, 4) is 0 Å². The lowest BCUT2D eigenvalue weighted by molar-refractivity contribution is 0.292. The normalized spacial score (nSPS) is 16.3. The summed E-state index contributed by atoms with van der Waals surface area (Å²) >= 11 is 0. The van der Waals surface area contributed by atoms with Crippen LogP contribution in [0.15, 0.2) is 24.3 Å². The molecule has 0 heterocycles. The average Bonchev–Trinajstić information content (AvgIpc) is 2.15. The van der Waals surface area contributed by atoms with Gasteiger partial charge in [0, 0.05) is 12.2 Å². The maximum atomic E-state index is 5.71. The summed E-state index contributed by atoms with van der Waals surface area (Å²) in [6.07, 6.45) is 5.67. The molecule has 0 unspecified atom stereocenters. The summed E-state index contributed by atoms with van der Waals surface area (Å²) in [7, 11) is 0. The first kappa shape index (κ1) is 10.5. The molecule has 1 saturated carbocycles. The monoisotopic (exact) mass is 204 g/mol. The van der Waals surface area contributed by atoms with Crippen LogP contribution in [0.1, 0.15) is 31.2 Å². The SMILES string of the molecule is Nc1cccc(CNCCC2CCC2)c1. The Labute approximate surface area is 91.9 Å². The largest absolute Gasteiger partial charge is 0.399 e. The van der Waals surface area contributed by atoms with Gasteiger partial charge in [-0.3, -0.25) is 0 Å². The second-order valence-corrected chi connectivity index (χ2v) is 4.51. The predicted molar refractivity (Wildman–Crippen MR) is 64.5 cm³/mol. The third kappa shape index (κ3) is 3.24.